The van der Waals surface area contributed by atoms with Gasteiger partial charge in [0.1, 0.15) is 5.75 Å². The highest BCUT2D eigenvalue weighted by Crippen LogP contribution is 2.27. The van der Waals surface area contributed by atoms with Crippen LogP contribution in [0.4, 0.5) is 4.39 Å². The second-order valence-electron chi connectivity index (χ2n) is 5.29. The standard InChI is InChI=1S/C18H18FNO4/c19-14-6-2-4-8-16(14)24-15-7-3-1-5-13(15)11-20-18(21)17-12-22-9-10-23-17/h1-8,17H,9-12H2,(H,20,21)/t17-/m1/s1. The first-order chi connectivity index (χ1) is 11.7. The fourth-order valence-corrected chi connectivity index (χ4v) is 2.33. The van der Waals surface area contributed by atoms with Crippen molar-refractivity contribution in [1.82, 2.24) is 5.32 Å². The molecule has 1 aliphatic heterocycles. The van der Waals surface area contributed by atoms with Crippen molar-refractivity contribution in [2.75, 3.05) is 19.8 Å². The molecule has 0 saturated carbocycles. The van der Waals surface area contributed by atoms with Gasteiger partial charge in [-0.3, -0.25) is 4.79 Å². The number of amides is 1. The summed E-state index contributed by atoms with van der Waals surface area (Å²) in [5.74, 6) is -0.0523. The summed E-state index contributed by atoms with van der Waals surface area (Å²) in [4.78, 5) is 12.1. The molecule has 1 fully saturated rings. The molecule has 24 heavy (non-hydrogen) atoms. The summed E-state index contributed by atoms with van der Waals surface area (Å²) in [6.45, 7) is 1.41. The topological polar surface area (TPSA) is 56.8 Å². The number of carbonyl (C=O) groups is 1. The van der Waals surface area contributed by atoms with Gasteiger partial charge in [-0.1, -0.05) is 30.3 Å². The predicted octanol–water partition coefficient (Wildman–Crippen LogP) is 2.65. The van der Waals surface area contributed by atoms with Crippen LogP contribution >= 0.6 is 0 Å². The average Bonchev–Trinajstić information content (AvgIpc) is 2.63. The summed E-state index contributed by atoms with van der Waals surface area (Å²) in [6.07, 6.45) is -0.599. The van der Waals surface area contributed by atoms with Gasteiger partial charge in [0, 0.05) is 12.1 Å². The third-order valence-corrected chi connectivity index (χ3v) is 3.59. The van der Waals surface area contributed by atoms with E-state index in [-0.39, 0.29) is 24.8 Å². The van der Waals surface area contributed by atoms with Crippen LogP contribution in [0.5, 0.6) is 11.5 Å². The van der Waals surface area contributed by atoms with Gasteiger partial charge >= 0.3 is 0 Å². The molecule has 0 unspecified atom stereocenters. The largest absolute Gasteiger partial charge is 0.454 e. The number of halogens is 1. The van der Waals surface area contributed by atoms with E-state index in [1.54, 1.807) is 30.3 Å². The van der Waals surface area contributed by atoms with Crippen molar-refractivity contribution >= 4 is 5.91 Å². The zero-order chi connectivity index (χ0) is 16.8. The van der Waals surface area contributed by atoms with Gasteiger partial charge < -0.3 is 19.5 Å². The number of rotatable bonds is 5. The first-order valence-electron chi connectivity index (χ1n) is 7.71. The van der Waals surface area contributed by atoms with Crippen LogP contribution in [0.3, 0.4) is 0 Å². The Morgan fingerprint density at radius 2 is 1.88 bits per heavy atom. The first-order valence-corrected chi connectivity index (χ1v) is 7.71. The van der Waals surface area contributed by atoms with E-state index in [1.807, 2.05) is 12.1 Å². The smallest absolute Gasteiger partial charge is 0.251 e. The van der Waals surface area contributed by atoms with Crippen molar-refractivity contribution in [2.24, 2.45) is 0 Å². The minimum atomic E-state index is -0.599. The van der Waals surface area contributed by atoms with Crippen LogP contribution in [0, 0.1) is 5.82 Å². The summed E-state index contributed by atoms with van der Waals surface area (Å²) in [6, 6.07) is 13.3. The van der Waals surface area contributed by atoms with Crippen LogP contribution in [0.2, 0.25) is 0 Å². The Labute approximate surface area is 139 Å². The molecule has 2 aromatic carbocycles. The summed E-state index contributed by atoms with van der Waals surface area (Å²) < 4.78 is 29.9. The summed E-state index contributed by atoms with van der Waals surface area (Å²) >= 11 is 0. The van der Waals surface area contributed by atoms with Gasteiger partial charge in [0.15, 0.2) is 17.7 Å². The molecule has 5 nitrogen and oxygen atoms in total. The molecule has 3 rings (SSSR count). The summed E-state index contributed by atoms with van der Waals surface area (Å²) in [5.41, 5.74) is 0.742. The maximum absolute atomic E-state index is 13.7. The Balaban J connectivity index is 1.66. The summed E-state index contributed by atoms with van der Waals surface area (Å²) in [5, 5.41) is 2.79. The van der Waals surface area contributed by atoms with Crippen LogP contribution in [0.25, 0.3) is 0 Å². The Hall–Kier alpha value is -2.44. The molecule has 1 amide bonds. The van der Waals surface area contributed by atoms with Crippen LogP contribution < -0.4 is 10.1 Å². The highest BCUT2D eigenvalue weighted by molar-refractivity contribution is 5.81. The zero-order valence-corrected chi connectivity index (χ0v) is 13.0. The SMILES string of the molecule is O=C(NCc1ccccc1Oc1ccccc1F)[C@H]1COCCO1. The Morgan fingerprint density at radius 1 is 1.12 bits per heavy atom. The molecule has 126 valence electrons. The average molecular weight is 331 g/mol. The normalized spacial score (nSPS) is 17.3. The van der Waals surface area contributed by atoms with E-state index in [2.05, 4.69) is 5.32 Å². The summed E-state index contributed by atoms with van der Waals surface area (Å²) in [7, 11) is 0. The van der Waals surface area contributed by atoms with E-state index in [0.717, 1.165) is 5.56 Å². The van der Waals surface area contributed by atoms with Gasteiger partial charge in [0.2, 0.25) is 0 Å². The van der Waals surface area contributed by atoms with Crippen molar-refractivity contribution in [2.45, 2.75) is 12.6 Å². The molecular formula is C18H18FNO4. The Morgan fingerprint density at radius 3 is 2.62 bits per heavy atom. The number of hydrogen-bond donors (Lipinski definition) is 1. The lowest BCUT2D eigenvalue weighted by molar-refractivity contribution is -0.147. The lowest BCUT2D eigenvalue weighted by Crippen LogP contribution is -2.42. The monoisotopic (exact) mass is 331 g/mol. The van der Waals surface area contributed by atoms with Crippen LogP contribution in [-0.4, -0.2) is 31.8 Å². The van der Waals surface area contributed by atoms with E-state index in [0.29, 0.717) is 19.0 Å². The van der Waals surface area contributed by atoms with E-state index in [9.17, 15) is 9.18 Å². The van der Waals surface area contributed by atoms with Crippen molar-refractivity contribution in [3.63, 3.8) is 0 Å². The molecule has 1 N–H and O–H groups in total. The molecular weight excluding hydrogens is 313 g/mol. The first kappa shape index (κ1) is 16.4. The molecule has 1 heterocycles. The van der Waals surface area contributed by atoms with Crippen molar-refractivity contribution in [3.05, 3.63) is 59.9 Å². The third kappa shape index (κ3) is 4.10. The maximum atomic E-state index is 13.7. The van der Waals surface area contributed by atoms with Gasteiger partial charge in [-0.05, 0) is 18.2 Å². The molecule has 1 aliphatic rings. The molecule has 2 aromatic rings. The molecule has 0 aliphatic carbocycles. The number of para-hydroxylation sites is 2. The molecule has 6 heteroatoms. The second-order valence-corrected chi connectivity index (χ2v) is 5.29. The Bertz CT molecular complexity index is 701. The lowest BCUT2D eigenvalue weighted by Gasteiger charge is -2.22. The molecule has 0 spiro atoms. The van der Waals surface area contributed by atoms with E-state index in [4.69, 9.17) is 14.2 Å². The van der Waals surface area contributed by atoms with E-state index >= 15 is 0 Å². The second kappa shape index (κ2) is 7.90. The predicted molar refractivity (Wildman–Crippen MR) is 85.3 cm³/mol. The van der Waals surface area contributed by atoms with Gasteiger partial charge in [-0.15, -0.1) is 0 Å². The number of carbonyl (C=O) groups excluding carboxylic acids is 1. The number of ether oxygens (including phenoxy) is 3. The van der Waals surface area contributed by atoms with Crippen LogP contribution in [0.1, 0.15) is 5.56 Å². The van der Waals surface area contributed by atoms with Gasteiger partial charge in [-0.2, -0.15) is 0 Å². The van der Waals surface area contributed by atoms with Gasteiger partial charge in [-0.25, -0.2) is 4.39 Å². The van der Waals surface area contributed by atoms with E-state index in [1.165, 1.54) is 6.07 Å². The third-order valence-electron chi connectivity index (χ3n) is 3.59. The Kier molecular flexibility index (Phi) is 5.40. The van der Waals surface area contributed by atoms with Gasteiger partial charge in [0.25, 0.3) is 5.91 Å². The van der Waals surface area contributed by atoms with Crippen LogP contribution in [0.15, 0.2) is 48.5 Å². The fourth-order valence-electron chi connectivity index (χ4n) is 2.33. The van der Waals surface area contributed by atoms with Gasteiger partial charge in [0.05, 0.1) is 19.8 Å². The van der Waals surface area contributed by atoms with Crippen LogP contribution in [-0.2, 0) is 20.8 Å². The molecule has 0 bridgehead atoms. The highest BCUT2D eigenvalue weighted by Gasteiger charge is 2.22. The minimum Gasteiger partial charge on any atom is -0.454 e. The van der Waals surface area contributed by atoms with Crippen molar-refractivity contribution in [1.29, 1.82) is 0 Å². The number of benzene rings is 2. The zero-order valence-electron chi connectivity index (χ0n) is 13.0. The van der Waals surface area contributed by atoms with Crippen molar-refractivity contribution < 1.29 is 23.4 Å². The minimum absolute atomic E-state index is 0.139. The molecule has 0 aromatic heterocycles. The highest BCUT2D eigenvalue weighted by atomic mass is 19.1. The maximum Gasteiger partial charge on any atom is 0.251 e. The lowest BCUT2D eigenvalue weighted by atomic mass is 10.2. The quantitative estimate of drug-likeness (QED) is 0.915. The number of hydrogen-bond acceptors (Lipinski definition) is 4. The molecule has 1 atom stereocenters. The van der Waals surface area contributed by atoms with Crippen molar-refractivity contribution in [3.8, 4) is 11.5 Å². The molecule has 1 saturated heterocycles. The number of nitrogens with one attached hydrogen (secondary N) is 1. The molecule has 0 radical (unpaired) electrons. The fraction of sp³-hybridized carbons (Fsp3) is 0.278. The van der Waals surface area contributed by atoms with E-state index < -0.39 is 11.9 Å².